The second-order valence-electron chi connectivity index (χ2n) is 3.98. The highest BCUT2D eigenvalue weighted by Crippen LogP contribution is 2.14. The summed E-state index contributed by atoms with van der Waals surface area (Å²) in [5.74, 6) is 0.239. The topological polar surface area (TPSA) is 66.3 Å². The third-order valence-corrected chi connectivity index (χ3v) is 2.57. The van der Waals surface area contributed by atoms with E-state index < -0.39 is 6.10 Å². The fourth-order valence-corrected chi connectivity index (χ4v) is 1.44. The Morgan fingerprint density at radius 2 is 2.29 bits per heavy atom. The van der Waals surface area contributed by atoms with Gasteiger partial charge >= 0.3 is 0 Å². The standard InChI is InChI=1S/C11H16ClN3O2/c1-7(16)4-5-15(3)11(17)10-9(12)6-13-8(2)14-10/h6-7,16H,4-5H2,1-3H3. The van der Waals surface area contributed by atoms with Crippen molar-refractivity contribution >= 4 is 17.5 Å². The van der Waals surface area contributed by atoms with E-state index in [0.29, 0.717) is 18.8 Å². The number of carbonyl (C=O) groups excluding carboxylic acids is 1. The summed E-state index contributed by atoms with van der Waals surface area (Å²) in [5, 5.41) is 9.40. The molecule has 1 unspecified atom stereocenters. The van der Waals surface area contributed by atoms with Crippen molar-refractivity contribution in [3.8, 4) is 0 Å². The Kier molecular flexibility index (Phi) is 4.84. The maximum atomic E-state index is 12.0. The van der Waals surface area contributed by atoms with E-state index in [1.165, 1.54) is 11.1 Å². The first-order valence-electron chi connectivity index (χ1n) is 5.34. The molecule has 0 fully saturated rings. The Labute approximate surface area is 105 Å². The normalized spacial score (nSPS) is 12.3. The Morgan fingerprint density at radius 3 is 2.88 bits per heavy atom. The molecule has 17 heavy (non-hydrogen) atoms. The lowest BCUT2D eigenvalue weighted by Crippen LogP contribution is -2.30. The lowest BCUT2D eigenvalue weighted by molar-refractivity contribution is 0.0763. The zero-order valence-electron chi connectivity index (χ0n) is 10.1. The van der Waals surface area contributed by atoms with E-state index in [9.17, 15) is 4.79 Å². The third-order valence-electron chi connectivity index (χ3n) is 2.30. The molecule has 5 nitrogen and oxygen atoms in total. The summed E-state index contributed by atoms with van der Waals surface area (Å²) < 4.78 is 0. The van der Waals surface area contributed by atoms with Crippen LogP contribution in [0.1, 0.15) is 29.7 Å². The molecule has 0 aliphatic rings. The highest BCUT2D eigenvalue weighted by molar-refractivity contribution is 6.33. The minimum absolute atomic E-state index is 0.201. The molecule has 0 saturated carbocycles. The molecule has 0 radical (unpaired) electrons. The summed E-state index contributed by atoms with van der Waals surface area (Å²) in [6.07, 6.45) is 1.50. The van der Waals surface area contributed by atoms with Gasteiger partial charge in [-0.15, -0.1) is 0 Å². The van der Waals surface area contributed by atoms with Crippen molar-refractivity contribution in [2.24, 2.45) is 0 Å². The lowest BCUT2D eigenvalue weighted by atomic mass is 10.2. The van der Waals surface area contributed by atoms with Crippen LogP contribution in [-0.2, 0) is 0 Å². The van der Waals surface area contributed by atoms with Crippen LogP contribution in [0, 0.1) is 6.92 Å². The van der Waals surface area contributed by atoms with Crippen LogP contribution in [-0.4, -0.2) is 45.6 Å². The Morgan fingerprint density at radius 1 is 1.65 bits per heavy atom. The van der Waals surface area contributed by atoms with Crippen LogP contribution in [0.5, 0.6) is 0 Å². The van der Waals surface area contributed by atoms with E-state index >= 15 is 0 Å². The van der Waals surface area contributed by atoms with Crippen molar-refractivity contribution in [1.82, 2.24) is 14.9 Å². The fourth-order valence-electron chi connectivity index (χ4n) is 1.27. The number of hydrogen-bond donors (Lipinski definition) is 1. The molecule has 1 heterocycles. The van der Waals surface area contributed by atoms with Crippen molar-refractivity contribution < 1.29 is 9.90 Å². The Hall–Kier alpha value is -1.20. The van der Waals surface area contributed by atoms with Gasteiger partial charge in [0.25, 0.3) is 5.91 Å². The second-order valence-corrected chi connectivity index (χ2v) is 4.39. The van der Waals surface area contributed by atoms with Gasteiger partial charge < -0.3 is 10.0 Å². The van der Waals surface area contributed by atoms with Gasteiger partial charge in [-0.1, -0.05) is 11.6 Å². The van der Waals surface area contributed by atoms with Gasteiger partial charge in [-0.05, 0) is 20.3 Å². The Bertz CT molecular complexity index is 410. The third kappa shape index (κ3) is 3.94. The van der Waals surface area contributed by atoms with Crippen LogP contribution in [0.3, 0.4) is 0 Å². The molecule has 0 saturated heterocycles. The highest BCUT2D eigenvalue weighted by atomic mass is 35.5. The van der Waals surface area contributed by atoms with Crippen LogP contribution < -0.4 is 0 Å². The predicted octanol–water partition coefficient (Wildman–Crippen LogP) is 1.28. The van der Waals surface area contributed by atoms with Crippen LogP contribution in [0.2, 0.25) is 5.02 Å². The average molecular weight is 258 g/mol. The van der Waals surface area contributed by atoms with Crippen molar-refractivity contribution in [1.29, 1.82) is 0 Å². The number of hydrogen-bond acceptors (Lipinski definition) is 4. The predicted molar refractivity (Wildman–Crippen MR) is 65.0 cm³/mol. The van der Waals surface area contributed by atoms with E-state index in [4.69, 9.17) is 16.7 Å². The molecule has 1 aromatic rings. The van der Waals surface area contributed by atoms with E-state index in [2.05, 4.69) is 9.97 Å². The number of aliphatic hydroxyl groups is 1. The number of rotatable bonds is 4. The molecule has 1 amide bonds. The summed E-state index contributed by atoms with van der Waals surface area (Å²) in [6, 6.07) is 0. The molecule has 0 spiro atoms. The first-order chi connectivity index (χ1) is 7.91. The largest absolute Gasteiger partial charge is 0.393 e. The van der Waals surface area contributed by atoms with E-state index in [1.54, 1.807) is 20.9 Å². The van der Waals surface area contributed by atoms with E-state index in [1.807, 2.05) is 0 Å². The van der Waals surface area contributed by atoms with Crippen molar-refractivity contribution in [2.75, 3.05) is 13.6 Å². The van der Waals surface area contributed by atoms with Crippen molar-refractivity contribution in [3.05, 3.63) is 22.7 Å². The van der Waals surface area contributed by atoms with Crippen LogP contribution in [0.4, 0.5) is 0 Å². The quantitative estimate of drug-likeness (QED) is 0.883. The van der Waals surface area contributed by atoms with Gasteiger partial charge in [-0.2, -0.15) is 0 Å². The number of aromatic nitrogens is 2. The highest BCUT2D eigenvalue weighted by Gasteiger charge is 2.17. The van der Waals surface area contributed by atoms with Crippen LogP contribution >= 0.6 is 11.6 Å². The van der Waals surface area contributed by atoms with Crippen LogP contribution in [0.25, 0.3) is 0 Å². The monoisotopic (exact) mass is 257 g/mol. The summed E-state index contributed by atoms with van der Waals surface area (Å²) in [7, 11) is 1.65. The summed E-state index contributed by atoms with van der Waals surface area (Å²) >= 11 is 5.88. The van der Waals surface area contributed by atoms with E-state index in [-0.39, 0.29) is 16.6 Å². The number of amides is 1. The maximum Gasteiger partial charge on any atom is 0.273 e. The molecule has 1 aromatic heterocycles. The molecule has 1 rings (SSSR count). The van der Waals surface area contributed by atoms with Gasteiger partial charge in [0, 0.05) is 13.6 Å². The summed E-state index contributed by atoms with van der Waals surface area (Å²) in [5.41, 5.74) is 0.201. The molecule has 0 aliphatic heterocycles. The minimum atomic E-state index is -0.437. The number of carbonyl (C=O) groups is 1. The molecular formula is C11H16ClN3O2. The first kappa shape index (κ1) is 13.9. The van der Waals surface area contributed by atoms with Gasteiger partial charge in [-0.3, -0.25) is 4.79 Å². The van der Waals surface area contributed by atoms with Gasteiger partial charge in [0.15, 0.2) is 5.69 Å². The molecule has 94 valence electrons. The second kappa shape index (κ2) is 5.93. The number of nitrogens with zero attached hydrogens (tertiary/aromatic N) is 3. The minimum Gasteiger partial charge on any atom is -0.393 e. The first-order valence-corrected chi connectivity index (χ1v) is 5.72. The SMILES string of the molecule is Cc1ncc(Cl)c(C(=O)N(C)CCC(C)O)n1. The molecule has 6 heteroatoms. The smallest absolute Gasteiger partial charge is 0.273 e. The summed E-state index contributed by atoms with van der Waals surface area (Å²) in [6.45, 7) is 3.83. The van der Waals surface area contributed by atoms with Gasteiger partial charge in [0.05, 0.1) is 17.3 Å². The molecule has 0 bridgehead atoms. The lowest BCUT2D eigenvalue weighted by Gasteiger charge is -2.18. The number of halogens is 1. The van der Waals surface area contributed by atoms with Crippen LogP contribution in [0.15, 0.2) is 6.20 Å². The van der Waals surface area contributed by atoms with Crippen molar-refractivity contribution in [3.63, 3.8) is 0 Å². The average Bonchev–Trinajstić information content (AvgIpc) is 2.28. The molecule has 1 atom stereocenters. The zero-order valence-corrected chi connectivity index (χ0v) is 10.9. The number of aliphatic hydroxyl groups excluding tert-OH is 1. The molecule has 1 N–H and O–H groups in total. The van der Waals surface area contributed by atoms with Gasteiger partial charge in [0.2, 0.25) is 0 Å². The zero-order chi connectivity index (χ0) is 13.0. The van der Waals surface area contributed by atoms with Gasteiger partial charge in [0.1, 0.15) is 5.82 Å². The summed E-state index contributed by atoms with van der Waals surface area (Å²) in [4.78, 5) is 21.4. The Balaban J connectivity index is 2.78. The molecule has 0 aliphatic carbocycles. The van der Waals surface area contributed by atoms with Gasteiger partial charge in [-0.25, -0.2) is 9.97 Å². The molecule has 0 aromatic carbocycles. The van der Waals surface area contributed by atoms with Crippen molar-refractivity contribution in [2.45, 2.75) is 26.4 Å². The molecular weight excluding hydrogens is 242 g/mol. The fraction of sp³-hybridized carbons (Fsp3) is 0.545. The number of aryl methyl sites for hydroxylation is 1. The maximum absolute atomic E-state index is 12.0. The van der Waals surface area contributed by atoms with E-state index in [0.717, 1.165) is 0 Å².